The first-order valence-corrected chi connectivity index (χ1v) is 5.03. The molecule has 0 aliphatic rings. The second kappa shape index (κ2) is 5.51. The first-order valence-electron chi connectivity index (χ1n) is 5.03. The fourth-order valence-corrected chi connectivity index (χ4v) is 1.46. The predicted octanol–water partition coefficient (Wildman–Crippen LogP) is 1.85. The van der Waals surface area contributed by atoms with Gasteiger partial charge in [0, 0.05) is 0 Å². The number of aliphatic hydroxyl groups is 1. The number of esters is 1. The Balaban J connectivity index is 2.84. The van der Waals surface area contributed by atoms with Gasteiger partial charge >= 0.3 is 5.97 Å². The lowest BCUT2D eigenvalue weighted by atomic mass is 10.0. The fraction of sp³-hybridized carbons (Fsp3) is 0.417. The van der Waals surface area contributed by atoms with E-state index in [2.05, 4.69) is 11.7 Å². The van der Waals surface area contributed by atoms with Crippen molar-refractivity contribution in [1.82, 2.24) is 0 Å². The van der Waals surface area contributed by atoms with Crippen LogP contribution in [0.25, 0.3) is 0 Å². The first-order chi connectivity index (χ1) is 7.19. The van der Waals surface area contributed by atoms with Gasteiger partial charge in [-0.1, -0.05) is 37.6 Å². The van der Waals surface area contributed by atoms with Crippen LogP contribution in [0.4, 0.5) is 0 Å². The van der Waals surface area contributed by atoms with Crippen LogP contribution < -0.4 is 0 Å². The molecule has 0 aliphatic heterocycles. The summed E-state index contributed by atoms with van der Waals surface area (Å²) >= 11 is 0. The van der Waals surface area contributed by atoms with Crippen molar-refractivity contribution in [2.75, 3.05) is 7.11 Å². The summed E-state index contributed by atoms with van der Waals surface area (Å²) < 4.78 is 4.48. The van der Waals surface area contributed by atoms with Crippen LogP contribution >= 0.6 is 0 Å². The van der Waals surface area contributed by atoms with E-state index in [4.69, 9.17) is 0 Å². The van der Waals surface area contributed by atoms with E-state index in [1.807, 2.05) is 18.2 Å². The van der Waals surface area contributed by atoms with Crippen LogP contribution in [0.2, 0.25) is 0 Å². The molecule has 0 spiro atoms. The zero-order valence-electron chi connectivity index (χ0n) is 9.06. The third-order valence-corrected chi connectivity index (χ3v) is 2.23. The molecule has 1 aromatic carbocycles. The van der Waals surface area contributed by atoms with Crippen molar-refractivity contribution in [3.8, 4) is 0 Å². The number of rotatable bonds is 4. The summed E-state index contributed by atoms with van der Waals surface area (Å²) in [4.78, 5) is 11.1. The molecule has 82 valence electrons. The molecule has 1 N–H and O–H groups in total. The molecule has 0 aliphatic carbocycles. The minimum Gasteiger partial charge on any atom is -0.467 e. The predicted molar refractivity (Wildman–Crippen MR) is 57.4 cm³/mol. The molecule has 15 heavy (non-hydrogen) atoms. The summed E-state index contributed by atoms with van der Waals surface area (Å²) in [5.74, 6) is -0.622. The van der Waals surface area contributed by atoms with Gasteiger partial charge in [-0.15, -0.1) is 0 Å². The van der Waals surface area contributed by atoms with E-state index in [0.717, 1.165) is 18.4 Å². The Hall–Kier alpha value is -1.35. The quantitative estimate of drug-likeness (QED) is 0.768. The van der Waals surface area contributed by atoms with Crippen LogP contribution in [-0.4, -0.2) is 18.2 Å². The van der Waals surface area contributed by atoms with Crippen molar-refractivity contribution >= 4 is 5.97 Å². The molecule has 0 amide bonds. The van der Waals surface area contributed by atoms with Crippen LogP contribution in [0.3, 0.4) is 0 Å². The minimum absolute atomic E-state index is 0.591. The molecule has 0 saturated heterocycles. The number of ether oxygens (including phenoxy) is 1. The monoisotopic (exact) mass is 208 g/mol. The zero-order valence-corrected chi connectivity index (χ0v) is 9.06. The molecule has 0 saturated carbocycles. The summed E-state index contributed by atoms with van der Waals surface area (Å²) in [6.07, 6.45) is 0.811. The van der Waals surface area contributed by atoms with Crippen molar-refractivity contribution in [2.24, 2.45) is 0 Å². The zero-order chi connectivity index (χ0) is 11.3. The molecule has 1 atom stereocenters. The lowest BCUT2D eigenvalue weighted by Gasteiger charge is -2.09. The first kappa shape index (κ1) is 11.7. The topological polar surface area (TPSA) is 46.5 Å². The molecule has 3 nitrogen and oxygen atoms in total. The Morgan fingerprint density at radius 2 is 2.27 bits per heavy atom. The number of hydrogen-bond acceptors (Lipinski definition) is 3. The second-order valence-electron chi connectivity index (χ2n) is 3.42. The van der Waals surface area contributed by atoms with E-state index in [1.165, 1.54) is 7.11 Å². The van der Waals surface area contributed by atoms with Crippen molar-refractivity contribution in [3.05, 3.63) is 35.4 Å². The van der Waals surface area contributed by atoms with Crippen LogP contribution in [0.15, 0.2) is 24.3 Å². The van der Waals surface area contributed by atoms with Crippen LogP contribution in [0, 0.1) is 0 Å². The van der Waals surface area contributed by atoms with Crippen molar-refractivity contribution in [1.29, 1.82) is 0 Å². The normalized spacial score (nSPS) is 12.2. The molecule has 1 aromatic rings. The number of carbonyl (C=O) groups excluding carboxylic acids is 1. The maximum absolute atomic E-state index is 11.1. The number of carbonyl (C=O) groups is 1. The number of benzene rings is 1. The van der Waals surface area contributed by atoms with Crippen LogP contribution in [-0.2, 0) is 16.0 Å². The average Bonchev–Trinajstić information content (AvgIpc) is 2.28. The van der Waals surface area contributed by atoms with Gasteiger partial charge in [0.2, 0.25) is 0 Å². The van der Waals surface area contributed by atoms with Gasteiger partial charge in [-0.25, -0.2) is 4.79 Å². The van der Waals surface area contributed by atoms with E-state index >= 15 is 0 Å². The Morgan fingerprint density at radius 1 is 1.53 bits per heavy atom. The van der Waals surface area contributed by atoms with Gasteiger partial charge in [0.15, 0.2) is 6.10 Å². The van der Waals surface area contributed by atoms with E-state index in [9.17, 15) is 9.90 Å². The SMILES string of the molecule is CCCc1cccc(C(O)C(=O)OC)c1. The van der Waals surface area contributed by atoms with E-state index in [-0.39, 0.29) is 0 Å². The third-order valence-electron chi connectivity index (χ3n) is 2.23. The number of hydrogen-bond donors (Lipinski definition) is 1. The molecule has 1 rings (SSSR count). The van der Waals surface area contributed by atoms with Gasteiger partial charge in [0.25, 0.3) is 0 Å². The Morgan fingerprint density at radius 3 is 2.87 bits per heavy atom. The molecular weight excluding hydrogens is 192 g/mol. The highest BCUT2D eigenvalue weighted by atomic mass is 16.5. The number of aryl methyl sites for hydroxylation is 1. The van der Waals surface area contributed by atoms with Gasteiger partial charge in [-0.05, 0) is 17.5 Å². The van der Waals surface area contributed by atoms with Crippen molar-refractivity contribution in [2.45, 2.75) is 25.9 Å². The molecule has 0 radical (unpaired) electrons. The summed E-state index contributed by atoms with van der Waals surface area (Å²) in [5.41, 5.74) is 1.71. The van der Waals surface area contributed by atoms with Gasteiger partial charge in [-0.2, -0.15) is 0 Å². The molecule has 1 unspecified atom stereocenters. The number of aliphatic hydroxyl groups excluding tert-OH is 1. The van der Waals surface area contributed by atoms with Gasteiger partial charge in [-0.3, -0.25) is 0 Å². The largest absolute Gasteiger partial charge is 0.467 e. The summed E-state index contributed by atoms with van der Waals surface area (Å²) in [6, 6.07) is 7.38. The Bertz CT molecular complexity index is 333. The Kier molecular flexibility index (Phi) is 4.31. The van der Waals surface area contributed by atoms with Crippen molar-refractivity contribution < 1.29 is 14.6 Å². The van der Waals surface area contributed by atoms with Gasteiger partial charge in [0.05, 0.1) is 7.11 Å². The molecule has 0 heterocycles. The highest BCUT2D eigenvalue weighted by Crippen LogP contribution is 2.16. The number of methoxy groups -OCH3 is 1. The summed E-state index contributed by atoms with van der Waals surface area (Å²) in [5, 5.41) is 9.61. The Labute approximate surface area is 89.7 Å². The lowest BCUT2D eigenvalue weighted by molar-refractivity contribution is -0.150. The minimum atomic E-state index is -1.17. The fourth-order valence-electron chi connectivity index (χ4n) is 1.46. The van der Waals surface area contributed by atoms with E-state index < -0.39 is 12.1 Å². The molecule has 3 heteroatoms. The molecule has 0 fully saturated rings. The lowest BCUT2D eigenvalue weighted by Crippen LogP contribution is -2.13. The molecule has 0 bridgehead atoms. The summed E-state index contributed by atoms with van der Waals surface area (Å²) in [7, 11) is 1.27. The van der Waals surface area contributed by atoms with Crippen molar-refractivity contribution in [3.63, 3.8) is 0 Å². The van der Waals surface area contributed by atoms with E-state index in [1.54, 1.807) is 6.07 Å². The van der Waals surface area contributed by atoms with Gasteiger partial charge in [0.1, 0.15) is 0 Å². The maximum atomic E-state index is 11.1. The van der Waals surface area contributed by atoms with Crippen LogP contribution in [0.1, 0.15) is 30.6 Å². The molecule has 0 aromatic heterocycles. The molecular formula is C12H16O3. The average molecular weight is 208 g/mol. The van der Waals surface area contributed by atoms with E-state index in [0.29, 0.717) is 5.56 Å². The highest BCUT2D eigenvalue weighted by Gasteiger charge is 2.17. The second-order valence-corrected chi connectivity index (χ2v) is 3.42. The van der Waals surface area contributed by atoms with Gasteiger partial charge < -0.3 is 9.84 Å². The van der Waals surface area contributed by atoms with Crippen LogP contribution in [0.5, 0.6) is 0 Å². The maximum Gasteiger partial charge on any atom is 0.339 e. The smallest absolute Gasteiger partial charge is 0.339 e. The third kappa shape index (κ3) is 3.06. The standard InChI is InChI=1S/C12H16O3/c1-3-5-9-6-4-7-10(8-9)11(13)12(14)15-2/h4,6-8,11,13H,3,5H2,1-2H3. The highest BCUT2D eigenvalue weighted by molar-refractivity contribution is 5.76. The summed E-state index contributed by atoms with van der Waals surface area (Å²) in [6.45, 7) is 2.09.